The van der Waals surface area contributed by atoms with Gasteiger partial charge in [0.25, 0.3) is 0 Å². The van der Waals surface area contributed by atoms with E-state index in [1.165, 1.54) is 0 Å². The Bertz CT molecular complexity index is 1060. The lowest BCUT2D eigenvalue weighted by Crippen LogP contribution is -2.20. The van der Waals surface area contributed by atoms with Crippen LogP contribution in [-0.2, 0) is 4.74 Å². The number of para-hydroxylation sites is 1. The second-order valence-electron chi connectivity index (χ2n) is 5.70. The topological polar surface area (TPSA) is 57.0 Å². The van der Waals surface area contributed by atoms with Crippen molar-refractivity contribution < 1.29 is 9.53 Å². The molecule has 0 spiro atoms. The van der Waals surface area contributed by atoms with E-state index in [1.807, 2.05) is 54.6 Å². The Morgan fingerprint density at radius 3 is 2.54 bits per heavy atom. The second-order valence-corrected chi connectivity index (χ2v) is 6.14. The summed E-state index contributed by atoms with van der Waals surface area (Å²) in [6, 6.07) is 23.6. The van der Waals surface area contributed by atoms with Gasteiger partial charge in [0, 0.05) is 10.6 Å². The summed E-state index contributed by atoms with van der Waals surface area (Å²) in [7, 11) is 0. The summed E-state index contributed by atoms with van der Waals surface area (Å²) >= 11 is 5.98. The molecule has 0 fully saturated rings. The number of benzene rings is 3. The first-order chi connectivity index (χ1) is 12.7. The van der Waals surface area contributed by atoms with E-state index in [9.17, 15) is 4.79 Å². The number of nitrogens with zero attached hydrogens (tertiary/aromatic N) is 3. The molecule has 0 aliphatic carbocycles. The Balaban J connectivity index is 1.76. The summed E-state index contributed by atoms with van der Waals surface area (Å²) in [6.07, 6.45) is -0.741. The third kappa shape index (κ3) is 3.17. The quantitative estimate of drug-likeness (QED) is 0.501. The number of halogens is 1. The first-order valence-electron chi connectivity index (χ1n) is 8.04. The molecule has 4 rings (SSSR count). The molecule has 1 heterocycles. The van der Waals surface area contributed by atoms with Crippen LogP contribution in [0.2, 0.25) is 5.02 Å². The van der Waals surface area contributed by atoms with Gasteiger partial charge in [-0.3, -0.25) is 0 Å². The van der Waals surface area contributed by atoms with Crippen molar-refractivity contribution in [2.45, 2.75) is 6.23 Å². The van der Waals surface area contributed by atoms with Crippen molar-refractivity contribution in [3.05, 3.63) is 95.0 Å². The fourth-order valence-electron chi connectivity index (χ4n) is 2.72. The van der Waals surface area contributed by atoms with Gasteiger partial charge in [0.2, 0.25) is 6.23 Å². The van der Waals surface area contributed by atoms with Gasteiger partial charge in [-0.15, -0.1) is 5.10 Å². The lowest BCUT2D eigenvalue weighted by Gasteiger charge is -2.19. The zero-order chi connectivity index (χ0) is 17.9. The van der Waals surface area contributed by atoms with Crippen molar-refractivity contribution in [2.24, 2.45) is 0 Å². The zero-order valence-electron chi connectivity index (χ0n) is 13.6. The highest BCUT2D eigenvalue weighted by molar-refractivity contribution is 6.30. The molecule has 6 heteroatoms. The van der Waals surface area contributed by atoms with Crippen molar-refractivity contribution >= 4 is 28.6 Å². The predicted molar refractivity (Wildman–Crippen MR) is 99.0 cm³/mol. The minimum Gasteiger partial charge on any atom is -0.432 e. The lowest BCUT2D eigenvalue weighted by molar-refractivity contribution is 0.0196. The zero-order valence-corrected chi connectivity index (χ0v) is 14.4. The standard InChI is InChI=1S/C20H14ClN3O2/c21-16-10-6-9-15(13-16)20(25)26-19(14-7-2-1-3-8-14)24-18-12-5-4-11-17(18)22-23-24/h1-13,19H. The number of hydrogen-bond acceptors (Lipinski definition) is 4. The Hall–Kier alpha value is -3.18. The molecule has 0 radical (unpaired) electrons. The van der Waals surface area contributed by atoms with Crippen LogP contribution < -0.4 is 0 Å². The molecule has 0 bridgehead atoms. The van der Waals surface area contributed by atoms with Crippen molar-refractivity contribution in [3.8, 4) is 0 Å². The fourth-order valence-corrected chi connectivity index (χ4v) is 2.91. The van der Waals surface area contributed by atoms with Gasteiger partial charge < -0.3 is 4.74 Å². The summed E-state index contributed by atoms with van der Waals surface area (Å²) in [4.78, 5) is 12.7. The average Bonchev–Trinajstić information content (AvgIpc) is 3.10. The van der Waals surface area contributed by atoms with Crippen LogP contribution in [0.4, 0.5) is 0 Å². The van der Waals surface area contributed by atoms with Gasteiger partial charge in [0.1, 0.15) is 5.52 Å². The van der Waals surface area contributed by atoms with E-state index < -0.39 is 12.2 Å². The van der Waals surface area contributed by atoms with Gasteiger partial charge in [0.05, 0.1) is 11.1 Å². The smallest absolute Gasteiger partial charge is 0.340 e. The maximum atomic E-state index is 12.7. The fraction of sp³-hybridized carbons (Fsp3) is 0.0500. The lowest BCUT2D eigenvalue weighted by atomic mass is 10.2. The number of fused-ring (bicyclic) bond motifs is 1. The molecule has 0 saturated carbocycles. The van der Waals surface area contributed by atoms with Crippen LogP contribution in [-0.4, -0.2) is 21.0 Å². The first-order valence-corrected chi connectivity index (χ1v) is 8.41. The minimum absolute atomic E-state index is 0.378. The number of esters is 1. The third-order valence-corrected chi connectivity index (χ3v) is 4.20. The number of rotatable bonds is 4. The molecule has 0 aliphatic rings. The van der Waals surface area contributed by atoms with E-state index in [-0.39, 0.29) is 0 Å². The molecule has 1 atom stereocenters. The molecule has 0 N–H and O–H groups in total. The van der Waals surface area contributed by atoms with E-state index in [4.69, 9.17) is 16.3 Å². The first kappa shape index (κ1) is 16.3. The van der Waals surface area contributed by atoms with Crippen LogP contribution in [0.25, 0.3) is 11.0 Å². The highest BCUT2D eigenvalue weighted by Gasteiger charge is 2.23. The molecule has 128 valence electrons. The van der Waals surface area contributed by atoms with Gasteiger partial charge >= 0.3 is 5.97 Å². The SMILES string of the molecule is O=C(OC(c1ccccc1)n1nnc2ccccc21)c1cccc(Cl)c1. The Morgan fingerprint density at radius 1 is 0.962 bits per heavy atom. The van der Waals surface area contributed by atoms with E-state index in [1.54, 1.807) is 28.9 Å². The molecule has 3 aromatic carbocycles. The summed E-state index contributed by atoms with van der Waals surface area (Å²) in [5.74, 6) is -0.485. The highest BCUT2D eigenvalue weighted by Crippen LogP contribution is 2.25. The molecule has 1 unspecified atom stereocenters. The average molecular weight is 364 g/mol. The van der Waals surface area contributed by atoms with Crippen molar-refractivity contribution in [1.82, 2.24) is 15.0 Å². The van der Waals surface area contributed by atoms with Crippen LogP contribution in [0, 0.1) is 0 Å². The van der Waals surface area contributed by atoms with Gasteiger partial charge in [-0.1, -0.05) is 65.3 Å². The van der Waals surface area contributed by atoms with Crippen LogP contribution in [0.1, 0.15) is 22.1 Å². The van der Waals surface area contributed by atoms with Crippen LogP contribution >= 0.6 is 11.6 Å². The number of carbonyl (C=O) groups is 1. The predicted octanol–water partition coefficient (Wildman–Crippen LogP) is 4.49. The highest BCUT2D eigenvalue weighted by atomic mass is 35.5. The van der Waals surface area contributed by atoms with E-state index in [0.717, 1.165) is 16.6 Å². The molecular formula is C20H14ClN3O2. The molecule has 5 nitrogen and oxygen atoms in total. The van der Waals surface area contributed by atoms with Crippen LogP contribution in [0.3, 0.4) is 0 Å². The van der Waals surface area contributed by atoms with Gasteiger partial charge in [0.15, 0.2) is 0 Å². The summed E-state index contributed by atoms with van der Waals surface area (Å²) < 4.78 is 7.40. The van der Waals surface area contributed by atoms with E-state index in [2.05, 4.69) is 10.3 Å². The van der Waals surface area contributed by atoms with Gasteiger partial charge in [-0.2, -0.15) is 0 Å². The molecule has 0 saturated heterocycles. The number of aromatic nitrogens is 3. The molecule has 0 amide bonds. The third-order valence-electron chi connectivity index (χ3n) is 3.96. The van der Waals surface area contributed by atoms with Crippen LogP contribution in [0.5, 0.6) is 0 Å². The summed E-state index contributed by atoms with van der Waals surface area (Å²) in [6.45, 7) is 0. The second kappa shape index (κ2) is 6.98. The Morgan fingerprint density at radius 2 is 1.73 bits per heavy atom. The molecule has 4 aromatic rings. The van der Waals surface area contributed by atoms with Crippen molar-refractivity contribution in [1.29, 1.82) is 0 Å². The maximum absolute atomic E-state index is 12.7. The Kier molecular flexibility index (Phi) is 4.37. The molecule has 26 heavy (non-hydrogen) atoms. The van der Waals surface area contributed by atoms with Crippen molar-refractivity contribution in [3.63, 3.8) is 0 Å². The van der Waals surface area contributed by atoms with Gasteiger partial charge in [-0.25, -0.2) is 9.48 Å². The number of ether oxygens (including phenoxy) is 1. The minimum atomic E-state index is -0.741. The maximum Gasteiger partial charge on any atom is 0.340 e. The summed E-state index contributed by atoms with van der Waals surface area (Å²) in [5, 5.41) is 8.83. The molecule has 1 aromatic heterocycles. The number of carbonyl (C=O) groups excluding carboxylic acids is 1. The van der Waals surface area contributed by atoms with E-state index in [0.29, 0.717) is 10.6 Å². The summed E-state index contributed by atoms with van der Waals surface area (Å²) in [5.41, 5.74) is 2.67. The monoisotopic (exact) mass is 363 g/mol. The normalized spacial score (nSPS) is 12.0. The van der Waals surface area contributed by atoms with Crippen LogP contribution in [0.15, 0.2) is 78.9 Å². The van der Waals surface area contributed by atoms with E-state index >= 15 is 0 Å². The number of hydrogen-bond donors (Lipinski definition) is 0. The molecular weight excluding hydrogens is 350 g/mol. The van der Waals surface area contributed by atoms with Crippen molar-refractivity contribution in [2.75, 3.05) is 0 Å². The molecule has 0 aliphatic heterocycles. The Labute approximate surface area is 154 Å². The van der Waals surface area contributed by atoms with Gasteiger partial charge in [-0.05, 0) is 30.3 Å². The largest absolute Gasteiger partial charge is 0.432 e.